The highest BCUT2D eigenvalue weighted by atomic mass is 32.1. The summed E-state index contributed by atoms with van der Waals surface area (Å²) in [6, 6.07) is 6.37. The summed E-state index contributed by atoms with van der Waals surface area (Å²) in [7, 11) is 1.25. The molecule has 2 rings (SSSR count). The highest BCUT2D eigenvalue weighted by molar-refractivity contribution is 7.07. The number of carbonyl (C=O) groups is 3. The first kappa shape index (κ1) is 17.5. The fraction of sp³-hybridized carbons (Fsp3) is 0.267. The average molecular weight is 349 g/mol. The molecule has 24 heavy (non-hydrogen) atoms. The van der Waals surface area contributed by atoms with Gasteiger partial charge in [-0.3, -0.25) is 4.79 Å². The lowest BCUT2D eigenvalue weighted by Gasteiger charge is -2.09. The van der Waals surface area contributed by atoms with Gasteiger partial charge in [0.1, 0.15) is 0 Å². The number of nitrogens with zero attached hydrogens (tertiary/aromatic N) is 2. The Morgan fingerprint density at radius 2 is 1.96 bits per heavy atom. The van der Waals surface area contributed by atoms with E-state index < -0.39 is 24.5 Å². The Morgan fingerprint density at radius 1 is 1.21 bits per heavy atom. The van der Waals surface area contributed by atoms with Crippen LogP contribution in [-0.2, 0) is 20.7 Å². The van der Waals surface area contributed by atoms with Gasteiger partial charge in [0.15, 0.2) is 11.5 Å². The second-order valence-electron chi connectivity index (χ2n) is 4.56. The molecule has 8 nitrogen and oxygen atoms in total. The van der Waals surface area contributed by atoms with Crippen LogP contribution in [0.3, 0.4) is 0 Å². The van der Waals surface area contributed by atoms with Crippen molar-refractivity contribution in [1.82, 2.24) is 9.59 Å². The molecular weight excluding hydrogens is 334 g/mol. The van der Waals surface area contributed by atoms with E-state index in [1.54, 1.807) is 18.2 Å². The smallest absolute Gasteiger partial charge is 0.352 e. The van der Waals surface area contributed by atoms with Gasteiger partial charge >= 0.3 is 11.9 Å². The van der Waals surface area contributed by atoms with Crippen LogP contribution in [0.5, 0.6) is 0 Å². The Balaban J connectivity index is 1.97. The number of aromatic nitrogens is 2. The van der Waals surface area contributed by atoms with E-state index >= 15 is 0 Å². The second kappa shape index (κ2) is 8.16. The maximum atomic E-state index is 11.9. The molecule has 1 amide bonds. The molecule has 0 saturated heterocycles. The molecule has 0 atom stereocenters. The minimum atomic E-state index is -0.654. The maximum Gasteiger partial charge on any atom is 0.352 e. The lowest BCUT2D eigenvalue weighted by molar-refractivity contribution is -0.119. The minimum absolute atomic E-state index is 0.208. The van der Waals surface area contributed by atoms with Crippen LogP contribution in [0.1, 0.15) is 32.6 Å². The number of hydrogen-bond donors (Lipinski definition) is 1. The predicted molar refractivity (Wildman–Crippen MR) is 86.0 cm³/mol. The Bertz CT molecular complexity index is 759. The van der Waals surface area contributed by atoms with E-state index in [2.05, 4.69) is 19.6 Å². The number of aryl methyl sites for hydroxylation is 1. The van der Waals surface area contributed by atoms with Gasteiger partial charge in [-0.05, 0) is 30.1 Å². The van der Waals surface area contributed by atoms with E-state index in [-0.39, 0.29) is 16.1 Å². The zero-order valence-corrected chi connectivity index (χ0v) is 13.9. The summed E-state index contributed by atoms with van der Waals surface area (Å²) in [5, 5.41) is 6.32. The molecule has 0 saturated carbocycles. The van der Waals surface area contributed by atoms with E-state index in [4.69, 9.17) is 4.74 Å². The number of nitrogens with one attached hydrogen (secondary N) is 1. The number of para-hydroxylation sites is 1. The molecule has 0 spiro atoms. The van der Waals surface area contributed by atoms with Crippen LogP contribution in [0.25, 0.3) is 0 Å². The van der Waals surface area contributed by atoms with E-state index in [1.165, 1.54) is 13.2 Å². The molecule has 2 aromatic rings. The normalized spacial score (nSPS) is 10.1. The first-order valence-corrected chi connectivity index (χ1v) is 7.79. The van der Waals surface area contributed by atoms with Crippen molar-refractivity contribution in [2.75, 3.05) is 19.0 Å². The van der Waals surface area contributed by atoms with Gasteiger partial charge in [0.2, 0.25) is 0 Å². The van der Waals surface area contributed by atoms with Crippen molar-refractivity contribution in [3.8, 4) is 0 Å². The third kappa shape index (κ3) is 4.13. The molecule has 9 heteroatoms. The van der Waals surface area contributed by atoms with Crippen LogP contribution in [0.2, 0.25) is 0 Å². The summed E-state index contributed by atoms with van der Waals surface area (Å²) >= 11 is 0.919. The van der Waals surface area contributed by atoms with Gasteiger partial charge in [-0.2, -0.15) is 0 Å². The molecule has 0 radical (unpaired) electrons. The zero-order chi connectivity index (χ0) is 17.5. The van der Waals surface area contributed by atoms with Crippen molar-refractivity contribution in [2.24, 2.45) is 0 Å². The lowest BCUT2D eigenvalue weighted by atomic mass is 10.2. The van der Waals surface area contributed by atoms with Crippen molar-refractivity contribution in [3.05, 3.63) is 40.4 Å². The number of esters is 2. The summed E-state index contributed by atoms with van der Waals surface area (Å²) in [6.07, 6.45) is 0.541. The van der Waals surface area contributed by atoms with Gasteiger partial charge in [0.05, 0.1) is 24.1 Å². The standard InChI is InChI=1S/C15H15N3O5S/c1-3-10-13(24-18-17-10)15(21)23-8-12(19)16-11-7-5-4-6-9(11)14(20)22-2/h4-7H,3,8H2,1-2H3,(H,16,19). The molecule has 0 aliphatic rings. The minimum Gasteiger partial charge on any atom is -0.465 e. The van der Waals surface area contributed by atoms with Crippen molar-refractivity contribution >= 4 is 35.1 Å². The highest BCUT2D eigenvalue weighted by Crippen LogP contribution is 2.16. The maximum absolute atomic E-state index is 11.9. The number of carbonyl (C=O) groups excluding carboxylic acids is 3. The third-order valence-electron chi connectivity index (χ3n) is 3.02. The van der Waals surface area contributed by atoms with Gasteiger partial charge in [-0.15, -0.1) is 5.10 Å². The number of ether oxygens (including phenoxy) is 2. The van der Waals surface area contributed by atoms with Crippen LogP contribution in [0.15, 0.2) is 24.3 Å². The number of amides is 1. The zero-order valence-electron chi connectivity index (χ0n) is 13.1. The second-order valence-corrected chi connectivity index (χ2v) is 5.32. The fourth-order valence-electron chi connectivity index (χ4n) is 1.86. The molecular formula is C15H15N3O5S. The van der Waals surface area contributed by atoms with Crippen LogP contribution < -0.4 is 5.32 Å². The lowest BCUT2D eigenvalue weighted by Crippen LogP contribution is -2.22. The largest absolute Gasteiger partial charge is 0.465 e. The average Bonchev–Trinajstić information content (AvgIpc) is 3.08. The molecule has 0 fully saturated rings. The van der Waals surface area contributed by atoms with Gasteiger partial charge in [-0.25, -0.2) is 9.59 Å². The van der Waals surface area contributed by atoms with Crippen LogP contribution in [0, 0.1) is 0 Å². The number of rotatable bonds is 6. The van der Waals surface area contributed by atoms with Crippen LogP contribution in [-0.4, -0.2) is 41.1 Å². The highest BCUT2D eigenvalue weighted by Gasteiger charge is 2.18. The summed E-state index contributed by atoms with van der Waals surface area (Å²) in [4.78, 5) is 35.8. The number of anilines is 1. The van der Waals surface area contributed by atoms with Gasteiger partial charge in [-0.1, -0.05) is 23.5 Å². The van der Waals surface area contributed by atoms with E-state index in [9.17, 15) is 14.4 Å². The summed E-state index contributed by atoms with van der Waals surface area (Å²) in [5.41, 5.74) is 1.01. The van der Waals surface area contributed by atoms with Gasteiger partial charge in [0.25, 0.3) is 5.91 Å². The Kier molecular flexibility index (Phi) is 5.96. The molecule has 126 valence electrons. The third-order valence-corrected chi connectivity index (χ3v) is 3.77. The Labute approximate surface area is 141 Å². The molecule has 1 heterocycles. The summed E-state index contributed by atoms with van der Waals surface area (Å²) in [5.74, 6) is -1.81. The van der Waals surface area contributed by atoms with Gasteiger partial charge < -0.3 is 14.8 Å². The number of benzene rings is 1. The predicted octanol–water partition coefficient (Wildman–Crippen LogP) is 1.68. The number of methoxy groups -OCH3 is 1. The molecule has 1 N–H and O–H groups in total. The van der Waals surface area contributed by atoms with Crippen molar-refractivity contribution in [2.45, 2.75) is 13.3 Å². The topological polar surface area (TPSA) is 107 Å². The molecule has 1 aromatic carbocycles. The molecule has 0 bridgehead atoms. The first-order chi connectivity index (χ1) is 11.6. The summed E-state index contributed by atoms with van der Waals surface area (Å²) in [6.45, 7) is 1.35. The fourth-order valence-corrected chi connectivity index (χ4v) is 2.50. The van der Waals surface area contributed by atoms with Crippen molar-refractivity contribution in [3.63, 3.8) is 0 Å². The molecule has 0 unspecified atom stereocenters. The first-order valence-electron chi connectivity index (χ1n) is 7.02. The summed E-state index contributed by atoms with van der Waals surface area (Å²) < 4.78 is 13.3. The molecule has 0 aliphatic heterocycles. The van der Waals surface area contributed by atoms with Crippen molar-refractivity contribution < 1.29 is 23.9 Å². The number of hydrogen-bond acceptors (Lipinski definition) is 8. The van der Waals surface area contributed by atoms with Crippen LogP contribution >= 0.6 is 11.5 Å². The molecule has 1 aromatic heterocycles. The Hall–Kier alpha value is -2.81. The van der Waals surface area contributed by atoms with E-state index in [1.807, 2.05) is 6.92 Å². The van der Waals surface area contributed by atoms with E-state index in [0.717, 1.165) is 11.5 Å². The molecule has 0 aliphatic carbocycles. The van der Waals surface area contributed by atoms with Crippen LogP contribution in [0.4, 0.5) is 5.69 Å². The van der Waals surface area contributed by atoms with Gasteiger partial charge in [0, 0.05) is 0 Å². The van der Waals surface area contributed by atoms with E-state index in [0.29, 0.717) is 12.1 Å². The Morgan fingerprint density at radius 3 is 2.67 bits per heavy atom. The monoisotopic (exact) mass is 349 g/mol. The quantitative estimate of drug-likeness (QED) is 0.791. The van der Waals surface area contributed by atoms with Crippen molar-refractivity contribution in [1.29, 1.82) is 0 Å². The SMILES string of the molecule is CCc1nnsc1C(=O)OCC(=O)Nc1ccccc1C(=O)OC.